The number of carbonyl (C=O) groups is 2. The first kappa shape index (κ1) is 20.8. The Hall–Kier alpha value is -2.45. The number of hydrogen-bond donors (Lipinski definition) is 1. The van der Waals surface area contributed by atoms with Gasteiger partial charge in [-0.1, -0.05) is 30.3 Å². The lowest BCUT2D eigenvalue weighted by Gasteiger charge is -2.37. The van der Waals surface area contributed by atoms with Crippen LogP contribution in [0.1, 0.15) is 25.7 Å². The number of sulfonamides is 1. The molecule has 0 aromatic heterocycles. The van der Waals surface area contributed by atoms with E-state index >= 15 is 0 Å². The van der Waals surface area contributed by atoms with E-state index < -0.39 is 10.0 Å². The molecule has 2 aromatic rings. The van der Waals surface area contributed by atoms with Crippen molar-refractivity contribution in [3.8, 4) is 0 Å². The molecule has 8 heteroatoms. The van der Waals surface area contributed by atoms with Gasteiger partial charge in [0.1, 0.15) is 0 Å². The zero-order chi connectivity index (χ0) is 21.3. The maximum Gasteiger partial charge on any atom is 0.243 e. The van der Waals surface area contributed by atoms with Crippen LogP contribution >= 0.6 is 0 Å². The summed E-state index contributed by atoms with van der Waals surface area (Å²) in [6, 6.07) is 12.8. The Morgan fingerprint density at radius 2 is 1.60 bits per heavy atom. The Labute approximate surface area is 176 Å². The molecule has 1 atom stereocenters. The fourth-order valence-electron chi connectivity index (χ4n) is 4.48. The van der Waals surface area contributed by atoms with Gasteiger partial charge in [-0.3, -0.25) is 9.59 Å². The molecule has 0 spiro atoms. The van der Waals surface area contributed by atoms with Gasteiger partial charge in [0.05, 0.1) is 10.8 Å². The van der Waals surface area contributed by atoms with Crippen molar-refractivity contribution in [2.75, 3.05) is 26.2 Å². The fraction of sp³-hybridized carbons (Fsp3) is 0.455. The summed E-state index contributed by atoms with van der Waals surface area (Å²) in [6.07, 6.45) is 2.49. The highest BCUT2D eigenvalue weighted by Gasteiger charge is 2.36. The summed E-state index contributed by atoms with van der Waals surface area (Å²) >= 11 is 0. The van der Waals surface area contributed by atoms with Crippen molar-refractivity contribution in [1.82, 2.24) is 9.21 Å². The number of primary amides is 1. The summed E-state index contributed by atoms with van der Waals surface area (Å²) in [4.78, 5) is 26.4. The fourth-order valence-corrected chi connectivity index (χ4v) is 6.04. The first-order chi connectivity index (χ1) is 14.4. The molecule has 0 bridgehead atoms. The monoisotopic (exact) mass is 429 g/mol. The van der Waals surface area contributed by atoms with Crippen molar-refractivity contribution in [2.24, 2.45) is 17.6 Å². The number of piperidine rings is 2. The molecule has 2 heterocycles. The SMILES string of the molecule is NC(=O)C1CCN(C(=O)[C@H]2CCCN(S(=O)(=O)c3ccc4ccccc4c3)C2)CC1. The second kappa shape index (κ2) is 8.35. The summed E-state index contributed by atoms with van der Waals surface area (Å²) < 4.78 is 27.9. The van der Waals surface area contributed by atoms with E-state index in [1.54, 1.807) is 17.0 Å². The van der Waals surface area contributed by atoms with Gasteiger partial charge in [0.25, 0.3) is 0 Å². The average Bonchev–Trinajstić information content (AvgIpc) is 2.78. The third kappa shape index (κ3) is 4.06. The quantitative estimate of drug-likeness (QED) is 0.803. The van der Waals surface area contributed by atoms with Crippen LogP contribution in [-0.4, -0.2) is 55.6 Å². The van der Waals surface area contributed by atoms with Gasteiger partial charge in [0.2, 0.25) is 21.8 Å². The molecule has 2 aliphatic rings. The maximum absolute atomic E-state index is 13.2. The number of rotatable bonds is 4. The van der Waals surface area contributed by atoms with Gasteiger partial charge in [0, 0.05) is 32.1 Å². The van der Waals surface area contributed by atoms with Crippen LogP contribution in [0.5, 0.6) is 0 Å². The number of carbonyl (C=O) groups excluding carboxylic acids is 2. The van der Waals surface area contributed by atoms with Gasteiger partial charge in [0.15, 0.2) is 0 Å². The average molecular weight is 430 g/mol. The van der Waals surface area contributed by atoms with Crippen LogP contribution in [0, 0.1) is 11.8 Å². The van der Waals surface area contributed by atoms with Crippen molar-refractivity contribution in [2.45, 2.75) is 30.6 Å². The molecule has 30 heavy (non-hydrogen) atoms. The first-order valence-electron chi connectivity index (χ1n) is 10.4. The lowest BCUT2D eigenvalue weighted by atomic mass is 9.93. The molecule has 4 rings (SSSR count). The first-order valence-corrected chi connectivity index (χ1v) is 11.9. The van der Waals surface area contributed by atoms with Crippen LogP contribution in [-0.2, 0) is 19.6 Å². The van der Waals surface area contributed by atoms with E-state index in [1.807, 2.05) is 30.3 Å². The molecule has 7 nitrogen and oxygen atoms in total. The van der Waals surface area contributed by atoms with Crippen molar-refractivity contribution in [1.29, 1.82) is 0 Å². The molecule has 0 unspecified atom stereocenters. The van der Waals surface area contributed by atoms with Gasteiger partial charge in [-0.15, -0.1) is 0 Å². The predicted molar refractivity (Wildman–Crippen MR) is 114 cm³/mol. The molecule has 2 saturated heterocycles. The summed E-state index contributed by atoms with van der Waals surface area (Å²) in [6.45, 7) is 1.62. The Bertz CT molecular complexity index is 1060. The van der Waals surface area contributed by atoms with E-state index in [9.17, 15) is 18.0 Å². The highest BCUT2D eigenvalue weighted by Crippen LogP contribution is 2.28. The third-order valence-corrected chi connectivity index (χ3v) is 8.16. The molecule has 2 aliphatic heterocycles. The Morgan fingerprint density at radius 1 is 0.900 bits per heavy atom. The number of nitrogens with two attached hydrogens (primary N) is 1. The summed E-state index contributed by atoms with van der Waals surface area (Å²) in [5.41, 5.74) is 5.37. The highest BCUT2D eigenvalue weighted by atomic mass is 32.2. The molecular formula is C22H27N3O4S. The Morgan fingerprint density at radius 3 is 2.30 bits per heavy atom. The van der Waals surface area contributed by atoms with Gasteiger partial charge < -0.3 is 10.6 Å². The summed E-state index contributed by atoms with van der Waals surface area (Å²) in [5, 5.41) is 1.86. The van der Waals surface area contributed by atoms with E-state index in [2.05, 4.69) is 0 Å². The van der Waals surface area contributed by atoms with Crippen LogP contribution in [0.4, 0.5) is 0 Å². The van der Waals surface area contributed by atoms with Crippen LogP contribution < -0.4 is 5.73 Å². The normalized spacial score (nSPS) is 21.6. The molecule has 2 amide bonds. The largest absolute Gasteiger partial charge is 0.369 e. The summed E-state index contributed by atoms with van der Waals surface area (Å²) in [7, 11) is -3.67. The zero-order valence-corrected chi connectivity index (χ0v) is 17.7. The van der Waals surface area contributed by atoms with Crippen LogP contribution in [0.3, 0.4) is 0 Å². The minimum Gasteiger partial charge on any atom is -0.369 e. The van der Waals surface area contributed by atoms with E-state index in [-0.39, 0.29) is 35.1 Å². The molecule has 2 fully saturated rings. The third-order valence-electron chi connectivity index (χ3n) is 6.30. The van der Waals surface area contributed by atoms with Crippen LogP contribution in [0.2, 0.25) is 0 Å². The van der Waals surface area contributed by atoms with Crippen molar-refractivity contribution >= 4 is 32.6 Å². The number of benzene rings is 2. The van der Waals surface area contributed by atoms with Crippen LogP contribution in [0.15, 0.2) is 47.4 Å². The molecule has 0 radical (unpaired) electrons. The lowest BCUT2D eigenvalue weighted by Crippen LogP contribution is -2.49. The topological polar surface area (TPSA) is 101 Å². The van der Waals surface area contributed by atoms with Crippen molar-refractivity contribution < 1.29 is 18.0 Å². The van der Waals surface area contributed by atoms with E-state index in [1.165, 1.54) is 4.31 Å². The van der Waals surface area contributed by atoms with Gasteiger partial charge in [-0.25, -0.2) is 8.42 Å². The highest BCUT2D eigenvalue weighted by molar-refractivity contribution is 7.89. The van der Waals surface area contributed by atoms with Crippen molar-refractivity contribution in [3.05, 3.63) is 42.5 Å². The van der Waals surface area contributed by atoms with Crippen molar-refractivity contribution in [3.63, 3.8) is 0 Å². The van der Waals surface area contributed by atoms with Gasteiger partial charge in [-0.2, -0.15) is 4.31 Å². The Kier molecular flexibility index (Phi) is 5.79. The van der Waals surface area contributed by atoms with E-state index in [0.717, 1.165) is 10.8 Å². The standard InChI is InChI=1S/C22H27N3O4S/c23-21(26)17-9-12-24(13-10-17)22(27)19-6-3-11-25(15-19)30(28,29)20-8-7-16-4-1-2-5-18(16)14-20/h1-2,4-5,7-8,14,17,19H,3,6,9-13,15H2,(H2,23,26)/t19-/m0/s1. The molecule has 0 aliphatic carbocycles. The summed E-state index contributed by atoms with van der Waals surface area (Å²) in [5.74, 6) is -0.854. The Balaban J connectivity index is 1.47. The number of hydrogen-bond acceptors (Lipinski definition) is 4. The molecular weight excluding hydrogens is 402 g/mol. The molecule has 2 N–H and O–H groups in total. The van der Waals surface area contributed by atoms with Crippen LogP contribution in [0.25, 0.3) is 10.8 Å². The smallest absolute Gasteiger partial charge is 0.243 e. The minimum atomic E-state index is -3.67. The van der Waals surface area contributed by atoms with Gasteiger partial charge >= 0.3 is 0 Å². The minimum absolute atomic E-state index is 0.0173. The lowest BCUT2D eigenvalue weighted by molar-refractivity contribution is -0.139. The second-order valence-corrected chi connectivity index (χ2v) is 10.2. The number of nitrogens with zero attached hydrogens (tertiary/aromatic N) is 2. The number of likely N-dealkylation sites (tertiary alicyclic amines) is 1. The molecule has 2 aromatic carbocycles. The number of amides is 2. The van der Waals surface area contributed by atoms with E-state index in [4.69, 9.17) is 5.73 Å². The van der Waals surface area contributed by atoms with E-state index in [0.29, 0.717) is 45.3 Å². The predicted octanol–water partition coefficient (Wildman–Crippen LogP) is 1.96. The molecule has 0 saturated carbocycles. The maximum atomic E-state index is 13.2. The second-order valence-electron chi connectivity index (χ2n) is 8.21. The number of fused-ring (bicyclic) bond motifs is 1. The molecule has 160 valence electrons. The zero-order valence-electron chi connectivity index (χ0n) is 16.9. The van der Waals surface area contributed by atoms with Gasteiger partial charge in [-0.05, 0) is 48.6 Å².